The number of thioether (sulfide) groups is 1. The van der Waals surface area contributed by atoms with Gasteiger partial charge in [0.15, 0.2) is 5.58 Å². The van der Waals surface area contributed by atoms with E-state index in [4.69, 9.17) is 21.4 Å². The Balaban J connectivity index is 1.61. The second kappa shape index (κ2) is 6.90. The first-order chi connectivity index (χ1) is 11.7. The summed E-state index contributed by atoms with van der Waals surface area (Å²) in [6.07, 6.45) is 3.34. The fraction of sp³-hybridized carbons (Fsp3) is 0.529. The number of hydrogen-bond acceptors (Lipinski definition) is 5. The van der Waals surface area contributed by atoms with Crippen LogP contribution in [-0.4, -0.2) is 52.6 Å². The maximum atomic E-state index is 13.2. The van der Waals surface area contributed by atoms with Crippen molar-refractivity contribution in [3.05, 3.63) is 28.6 Å². The molecule has 24 heavy (non-hydrogen) atoms. The topological polar surface area (TPSA) is 58.5 Å². The predicted molar refractivity (Wildman–Crippen MR) is 97.1 cm³/mol. The largest absolute Gasteiger partial charge is 0.429 e. The molecule has 1 amide bonds. The van der Waals surface area contributed by atoms with E-state index in [1.54, 1.807) is 6.07 Å². The molecule has 4 rings (SSSR count). The van der Waals surface area contributed by atoms with Crippen molar-refractivity contribution < 1.29 is 13.9 Å². The number of carbonyl (C=O) groups is 1. The van der Waals surface area contributed by atoms with Crippen LogP contribution < -0.4 is 0 Å². The lowest BCUT2D eigenvalue weighted by atomic mass is 10.1. The molecule has 0 saturated carbocycles. The molecule has 0 aliphatic carbocycles. The van der Waals surface area contributed by atoms with Crippen LogP contribution in [0.3, 0.4) is 0 Å². The monoisotopic (exact) mass is 364 g/mol. The summed E-state index contributed by atoms with van der Waals surface area (Å²) in [6, 6.07) is 5.78. The molecule has 0 spiro atoms. The van der Waals surface area contributed by atoms with E-state index in [1.165, 1.54) is 0 Å². The highest BCUT2D eigenvalue weighted by atomic mass is 32.2. The van der Waals surface area contributed by atoms with E-state index in [9.17, 15) is 4.79 Å². The second-order valence-corrected chi connectivity index (χ2v) is 7.86. The van der Waals surface area contributed by atoms with Crippen LogP contribution in [-0.2, 0) is 4.74 Å². The number of amides is 1. The number of hydrogen-bond donors (Lipinski definition) is 1. The number of nitrogens with zero attached hydrogens (tertiary/aromatic N) is 1. The van der Waals surface area contributed by atoms with Crippen LogP contribution in [0.15, 0.2) is 22.6 Å². The van der Waals surface area contributed by atoms with Crippen LogP contribution in [0, 0.1) is 4.84 Å². The molecule has 128 valence electrons. The van der Waals surface area contributed by atoms with Gasteiger partial charge in [0, 0.05) is 30.5 Å². The molecule has 3 heterocycles. The summed E-state index contributed by atoms with van der Waals surface area (Å²) in [5, 5.41) is 0. The van der Waals surface area contributed by atoms with Crippen molar-refractivity contribution in [1.82, 2.24) is 9.88 Å². The van der Waals surface area contributed by atoms with Gasteiger partial charge in [0.2, 0.25) is 0 Å². The highest BCUT2D eigenvalue weighted by Gasteiger charge is 2.31. The zero-order chi connectivity index (χ0) is 16.5. The number of aromatic nitrogens is 1. The van der Waals surface area contributed by atoms with Gasteiger partial charge in [0.1, 0.15) is 0 Å². The fourth-order valence-electron chi connectivity index (χ4n) is 3.42. The molecule has 1 aromatic carbocycles. The van der Waals surface area contributed by atoms with Crippen LogP contribution in [0.5, 0.6) is 0 Å². The van der Waals surface area contributed by atoms with Gasteiger partial charge in [0.25, 0.3) is 10.7 Å². The van der Waals surface area contributed by atoms with Crippen molar-refractivity contribution in [3.8, 4) is 0 Å². The molecular formula is C17H20N2O3S2. The normalized spacial score (nSPS) is 23.8. The van der Waals surface area contributed by atoms with Gasteiger partial charge in [-0.3, -0.25) is 4.79 Å². The summed E-state index contributed by atoms with van der Waals surface area (Å²) in [4.78, 5) is 18.5. The van der Waals surface area contributed by atoms with Crippen molar-refractivity contribution >= 4 is 41.0 Å². The van der Waals surface area contributed by atoms with Gasteiger partial charge in [-0.1, -0.05) is 0 Å². The minimum absolute atomic E-state index is 0.0576. The molecule has 2 aliphatic rings. The van der Waals surface area contributed by atoms with E-state index < -0.39 is 0 Å². The molecule has 2 aliphatic heterocycles. The van der Waals surface area contributed by atoms with Gasteiger partial charge in [-0.25, -0.2) is 0 Å². The van der Waals surface area contributed by atoms with E-state index >= 15 is 0 Å². The predicted octanol–water partition coefficient (Wildman–Crippen LogP) is 3.62. The van der Waals surface area contributed by atoms with Crippen LogP contribution in [0.25, 0.3) is 11.1 Å². The van der Waals surface area contributed by atoms with Gasteiger partial charge in [-0.05, 0) is 55.4 Å². The van der Waals surface area contributed by atoms with Crippen LogP contribution in [0.1, 0.15) is 29.6 Å². The van der Waals surface area contributed by atoms with Crippen LogP contribution in [0.2, 0.25) is 0 Å². The van der Waals surface area contributed by atoms with Gasteiger partial charge in [0.05, 0.1) is 11.6 Å². The lowest BCUT2D eigenvalue weighted by Gasteiger charge is -2.30. The smallest absolute Gasteiger partial charge is 0.266 e. The molecule has 0 unspecified atom stereocenters. The molecule has 5 nitrogen and oxygen atoms in total. The van der Waals surface area contributed by atoms with Gasteiger partial charge in [-0.2, -0.15) is 11.8 Å². The highest BCUT2D eigenvalue weighted by Crippen LogP contribution is 2.26. The lowest BCUT2D eigenvalue weighted by molar-refractivity contribution is 0.0442. The van der Waals surface area contributed by atoms with E-state index in [0.29, 0.717) is 28.6 Å². The third kappa shape index (κ3) is 3.25. The van der Waals surface area contributed by atoms with E-state index in [0.717, 1.165) is 42.9 Å². The molecular weight excluding hydrogens is 344 g/mol. The zero-order valence-corrected chi connectivity index (χ0v) is 15.0. The number of carbonyl (C=O) groups excluding carboxylic acids is 1. The third-order valence-electron chi connectivity index (χ3n) is 4.70. The Bertz CT molecular complexity index is 788. The van der Waals surface area contributed by atoms with Gasteiger partial charge >= 0.3 is 0 Å². The molecule has 7 heteroatoms. The van der Waals surface area contributed by atoms with Crippen molar-refractivity contribution in [1.29, 1.82) is 0 Å². The first kappa shape index (κ1) is 16.2. The Hall–Kier alpha value is -1.31. The highest BCUT2D eigenvalue weighted by molar-refractivity contribution is 7.99. The standard InChI is InChI=1S/C17H20N2O3S2/c20-16(11-3-4-14-15(8-11)22-17(23)18-14)19(12-5-7-24-10-12)9-13-2-1-6-21-13/h3-4,8,12-13H,1-2,5-7,9-10H2,(H,18,23)/t12-,13+/m0/s1. The van der Waals surface area contributed by atoms with E-state index in [-0.39, 0.29) is 12.0 Å². The Labute approximate surface area is 149 Å². The molecule has 1 N–H and O–H groups in total. The van der Waals surface area contributed by atoms with Crippen LogP contribution >= 0.6 is 24.0 Å². The van der Waals surface area contributed by atoms with Gasteiger partial charge < -0.3 is 19.0 Å². The SMILES string of the molecule is O=C(c1ccc2[nH]c(=S)oc2c1)N(C[C@H]1CCCO1)[C@H]1CCSC1. The molecule has 2 fully saturated rings. The van der Waals surface area contributed by atoms with Crippen molar-refractivity contribution in [2.45, 2.75) is 31.4 Å². The first-order valence-corrected chi connectivity index (χ1v) is 9.90. The number of fused-ring (bicyclic) bond motifs is 1. The van der Waals surface area contributed by atoms with Crippen molar-refractivity contribution in [2.75, 3.05) is 24.7 Å². The average molecular weight is 364 g/mol. The minimum atomic E-state index is 0.0576. The minimum Gasteiger partial charge on any atom is -0.429 e. The number of benzene rings is 1. The number of oxazole rings is 1. The summed E-state index contributed by atoms with van der Waals surface area (Å²) in [5.74, 6) is 2.18. The van der Waals surface area contributed by atoms with E-state index in [1.807, 2.05) is 28.8 Å². The molecule has 0 bridgehead atoms. The number of rotatable bonds is 4. The number of ether oxygens (including phenoxy) is 1. The summed E-state index contributed by atoms with van der Waals surface area (Å²) in [6.45, 7) is 1.49. The molecule has 2 saturated heterocycles. The molecule has 2 aromatic rings. The summed E-state index contributed by atoms with van der Waals surface area (Å²) in [7, 11) is 0. The molecule has 2 atom stereocenters. The Morgan fingerprint density at radius 1 is 1.42 bits per heavy atom. The number of nitrogens with one attached hydrogen (secondary N) is 1. The number of aromatic amines is 1. The number of H-pyrrole nitrogens is 1. The zero-order valence-electron chi connectivity index (χ0n) is 13.3. The third-order valence-corrected chi connectivity index (χ3v) is 6.03. The van der Waals surface area contributed by atoms with Crippen molar-refractivity contribution in [2.24, 2.45) is 0 Å². The maximum Gasteiger partial charge on any atom is 0.266 e. The fourth-order valence-corrected chi connectivity index (χ4v) is 4.84. The maximum absolute atomic E-state index is 13.2. The van der Waals surface area contributed by atoms with Crippen LogP contribution in [0.4, 0.5) is 0 Å². The summed E-state index contributed by atoms with van der Waals surface area (Å²) >= 11 is 6.93. The lowest BCUT2D eigenvalue weighted by Crippen LogP contribution is -2.44. The average Bonchev–Trinajstić information content (AvgIpc) is 3.31. The summed E-state index contributed by atoms with van der Waals surface area (Å²) in [5.41, 5.74) is 2.09. The molecule has 0 radical (unpaired) electrons. The Morgan fingerprint density at radius 3 is 3.08 bits per heavy atom. The van der Waals surface area contributed by atoms with Crippen molar-refractivity contribution in [3.63, 3.8) is 0 Å². The quantitative estimate of drug-likeness (QED) is 0.840. The Kier molecular flexibility index (Phi) is 4.65. The van der Waals surface area contributed by atoms with Gasteiger partial charge in [-0.15, -0.1) is 0 Å². The second-order valence-electron chi connectivity index (χ2n) is 6.34. The summed E-state index contributed by atoms with van der Waals surface area (Å²) < 4.78 is 11.2. The first-order valence-electron chi connectivity index (χ1n) is 8.34. The van der Waals surface area contributed by atoms with E-state index in [2.05, 4.69) is 4.98 Å². The Morgan fingerprint density at radius 2 is 2.33 bits per heavy atom. The molecule has 1 aromatic heterocycles.